The summed E-state index contributed by atoms with van der Waals surface area (Å²) in [6, 6.07) is 1.63. The second kappa shape index (κ2) is 5.50. The van der Waals surface area contributed by atoms with Crippen LogP contribution in [0.2, 0.25) is 0 Å². The fourth-order valence-electron chi connectivity index (χ4n) is 1.31. The van der Waals surface area contributed by atoms with Gasteiger partial charge in [-0.1, -0.05) is 0 Å². The number of hydrogen-bond donors (Lipinski definition) is 1. The van der Waals surface area contributed by atoms with Crippen LogP contribution in [0.1, 0.15) is 19.5 Å². The van der Waals surface area contributed by atoms with E-state index in [1.54, 1.807) is 13.1 Å². The molecule has 1 N–H and O–H groups in total. The highest BCUT2D eigenvalue weighted by atomic mass is 16.5. The van der Waals surface area contributed by atoms with Gasteiger partial charge < -0.3 is 4.74 Å². The Morgan fingerprint density at radius 2 is 2.47 bits per heavy atom. The molecule has 0 aliphatic heterocycles. The molecule has 1 heterocycles. The largest absolute Gasteiger partial charge is 0.468 e. The maximum Gasteiger partial charge on any atom is 0.322 e. The summed E-state index contributed by atoms with van der Waals surface area (Å²) in [5.41, 5.74) is 1.06. The van der Waals surface area contributed by atoms with E-state index in [-0.39, 0.29) is 12.0 Å². The van der Waals surface area contributed by atoms with Gasteiger partial charge in [0.05, 0.1) is 12.8 Å². The van der Waals surface area contributed by atoms with Crippen molar-refractivity contribution in [3.63, 3.8) is 0 Å². The predicted molar refractivity (Wildman–Crippen MR) is 56.2 cm³/mol. The Morgan fingerprint density at radius 3 is 3.07 bits per heavy atom. The van der Waals surface area contributed by atoms with Gasteiger partial charge in [-0.25, -0.2) is 0 Å². The van der Waals surface area contributed by atoms with Gasteiger partial charge in [0.1, 0.15) is 6.04 Å². The van der Waals surface area contributed by atoms with E-state index in [0.717, 1.165) is 12.2 Å². The van der Waals surface area contributed by atoms with Gasteiger partial charge in [0.15, 0.2) is 0 Å². The smallest absolute Gasteiger partial charge is 0.322 e. The lowest BCUT2D eigenvalue weighted by atomic mass is 10.3. The number of hydrogen-bond acceptors (Lipinski definition) is 4. The van der Waals surface area contributed by atoms with Crippen LogP contribution in [0.3, 0.4) is 0 Å². The lowest BCUT2D eigenvalue weighted by molar-refractivity contribution is -0.142. The summed E-state index contributed by atoms with van der Waals surface area (Å²) in [5.74, 6) is -0.252. The predicted octanol–water partition coefficient (Wildman–Crippen LogP) is 0.554. The van der Waals surface area contributed by atoms with Crippen molar-refractivity contribution in [2.45, 2.75) is 33.0 Å². The maximum atomic E-state index is 11.1. The Morgan fingerprint density at radius 1 is 1.73 bits per heavy atom. The van der Waals surface area contributed by atoms with Crippen molar-refractivity contribution in [2.75, 3.05) is 7.11 Å². The molecule has 0 aliphatic rings. The Kier molecular flexibility index (Phi) is 4.30. The van der Waals surface area contributed by atoms with E-state index >= 15 is 0 Å². The van der Waals surface area contributed by atoms with E-state index < -0.39 is 0 Å². The molecule has 0 aliphatic carbocycles. The van der Waals surface area contributed by atoms with Crippen LogP contribution >= 0.6 is 0 Å². The minimum atomic E-state index is -0.296. The van der Waals surface area contributed by atoms with Crippen LogP contribution in [0, 0.1) is 0 Å². The van der Waals surface area contributed by atoms with E-state index in [2.05, 4.69) is 15.2 Å². The van der Waals surface area contributed by atoms with E-state index in [9.17, 15) is 4.79 Å². The van der Waals surface area contributed by atoms with Gasteiger partial charge in [0.2, 0.25) is 0 Å². The molecule has 1 atom stereocenters. The Hall–Kier alpha value is -1.36. The summed E-state index contributed by atoms with van der Waals surface area (Å²) >= 11 is 0. The molecule has 0 bridgehead atoms. The number of aryl methyl sites for hydroxylation is 1. The Labute approximate surface area is 89.4 Å². The zero-order valence-corrected chi connectivity index (χ0v) is 9.36. The summed E-state index contributed by atoms with van der Waals surface area (Å²) in [5, 5.41) is 7.21. The van der Waals surface area contributed by atoms with Crippen molar-refractivity contribution < 1.29 is 9.53 Å². The van der Waals surface area contributed by atoms with Crippen LogP contribution < -0.4 is 5.32 Å². The molecule has 0 radical (unpaired) electrons. The van der Waals surface area contributed by atoms with Gasteiger partial charge in [-0.3, -0.25) is 14.8 Å². The molecule has 0 amide bonds. The lowest BCUT2D eigenvalue weighted by Crippen LogP contribution is -2.34. The van der Waals surface area contributed by atoms with Crippen molar-refractivity contribution in [3.05, 3.63) is 18.0 Å². The topological polar surface area (TPSA) is 56.2 Å². The zero-order chi connectivity index (χ0) is 11.3. The number of ether oxygens (including phenoxy) is 1. The monoisotopic (exact) mass is 211 g/mol. The van der Waals surface area contributed by atoms with Crippen molar-refractivity contribution in [1.29, 1.82) is 0 Å². The Bertz CT molecular complexity index is 322. The lowest BCUT2D eigenvalue weighted by Gasteiger charge is -2.11. The molecule has 0 saturated heterocycles. The molecule has 1 aromatic heterocycles. The summed E-state index contributed by atoms with van der Waals surface area (Å²) in [4.78, 5) is 11.1. The molecule has 1 aromatic rings. The van der Waals surface area contributed by atoms with Crippen LogP contribution in [-0.4, -0.2) is 28.9 Å². The Balaban J connectivity index is 2.46. The molecule has 1 rings (SSSR count). The summed E-state index contributed by atoms with van der Waals surface area (Å²) in [7, 11) is 1.39. The van der Waals surface area contributed by atoms with Crippen molar-refractivity contribution in [2.24, 2.45) is 0 Å². The van der Waals surface area contributed by atoms with Crippen LogP contribution in [0.4, 0.5) is 0 Å². The van der Waals surface area contributed by atoms with Crippen LogP contribution in [0.5, 0.6) is 0 Å². The van der Waals surface area contributed by atoms with Gasteiger partial charge in [0, 0.05) is 19.3 Å². The van der Waals surface area contributed by atoms with Gasteiger partial charge in [0.25, 0.3) is 0 Å². The third-order valence-corrected chi connectivity index (χ3v) is 2.25. The number of nitrogens with one attached hydrogen (secondary N) is 1. The molecule has 0 fully saturated rings. The SMILES string of the molecule is CCn1nccc1CN[C@@H](C)C(=O)OC. The molecule has 0 saturated carbocycles. The average molecular weight is 211 g/mol. The second-order valence-corrected chi connectivity index (χ2v) is 3.26. The highest BCUT2D eigenvalue weighted by molar-refractivity contribution is 5.75. The average Bonchev–Trinajstić information content (AvgIpc) is 2.71. The molecule has 15 heavy (non-hydrogen) atoms. The first-order valence-corrected chi connectivity index (χ1v) is 5.01. The van der Waals surface area contributed by atoms with Crippen molar-refractivity contribution in [3.8, 4) is 0 Å². The molecule has 0 spiro atoms. The van der Waals surface area contributed by atoms with E-state index in [0.29, 0.717) is 6.54 Å². The highest BCUT2D eigenvalue weighted by Gasteiger charge is 2.12. The highest BCUT2D eigenvalue weighted by Crippen LogP contribution is 1.99. The zero-order valence-electron chi connectivity index (χ0n) is 9.36. The van der Waals surface area contributed by atoms with Crippen molar-refractivity contribution >= 4 is 5.97 Å². The van der Waals surface area contributed by atoms with Crippen LogP contribution in [0.15, 0.2) is 12.3 Å². The van der Waals surface area contributed by atoms with Gasteiger partial charge in [-0.15, -0.1) is 0 Å². The third kappa shape index (κ3) is 3.06. The van der Waals surface area contributed by atoms with Crippen molar-refractivity contribution in [1.82, 2.24) is 15.1 Å². The molecule has 5 nitrogen and oxygen atoms in total. The summed E-state index contributed by atoms with van der Waals surface area (Å²) in [6.45, 7) is 5.25. The maximum absolute atomic E-state index is 11.1. The molecule has 0 aromatic carbocycles. The first-order valence-electron chi connectivity index (χ1n) is 5.01. The number of nitrogens with zero attached hydrogens (tertiary/aromatic N) is 2. The summed E-state index contributed by atoms with van der Waals surface area (Å²) < 4.78 is 6.50. The fraction of sp³-hybridized carbons (Fsp3) is 0.600. The van der Waals surface area contributed by atoms with E-state index in [1.807, 2.05) is 17.7 Å². The van der Waals surface area contributed by atoms with Gasteiger partial charge >= 0.3 is 5.97 Å². The molecule has 0 unspecified atom stereocenters. The third-order valence-electron chi connectivity index (χ3n) is 2.25. The first kappa shape index (κ1) is 11.7. The molecule has 84 valence electrons. The number of aromatic nitrogens is 2. The minimum Gasteiger partial charge on any atom is -0.468 e. The molecular formula is C10H17N3O2. The van der Waals surface area contributed by atoms with Gasteiger partial charge in [-0.05, 0) is 19.9 Å². The van der Waals surface area contributed by atoms with Crippen LogP contribution in [0.25, 0.3) is 0 Å². The number of carbonyl (C=O) groups excluding carboxylic acids is 1. The fourth-order valence-corrected chi connectivity index (χ4v) is 1.31. The molecule has 5 heteroatoms. The first-order chi connectivity index (χ1) is 7.19. The van der Waals surface area contributed by atoms with Crippen LogP contribution in [-0.2, 0) is 22.6 Å². The number of methoxy groups -OCH3 is 1. The minimum absolute atomic E-state index is 0.252. The van der Waals surface area contributed by atoms with E-state index in [4.69, 9.17) is 0 Å². The van der Waals surface area contributed by atoms with E-state index in [1.165, 1.54) is 7.11 Å². The standard InChI is InChI=1S/C10H17N3O2/c1-4-13-9(5-6-12-13)7-11-8(2)10(14)15-3/h5-6,8,11H,4,7H2,1-3H3/t8-/m0/s1. The summed E-state index contributed by atoms with van der Waals surface area (Å²) in [6.07, 6.45) is 1.75. The normalized spacial score (nSPS) is 12.5. The molecular weight excluding hydrogens is 194 g/mol. The number of rotatable bonds is 5. The quantitative estimate of drug-likeness (QED) is 0.723. The second-order valence-electron chi connectivity index (χ2n) is 3.26. The van der Waals surface area contributed by atoms with Gasteiger partial charge in [-0.2, -0.15) is 5.10 Å². The number of esters is 1. The number of carbonyl (C=O) groups is 1.